The van der Waals surface area contributed by atoms with E-state index in [1.807, 2.05) is 24.3 Å². The molecule has 5 rings (SSSR count). The number of benzene rings is 3. The summed E-state index contributed by atoms with van der Waals surface area (Å²) in [6.45, 7) is 6.00. The lowest BCUT2D eigenvalue weighted by molar-refractivity contribution is 0.301. The molecule has 3 aromatic rings. The number of hydrogen-bond acceptors (Lipinski definition) is 4. The van der Waals surface area contributed by atoms with Gasteiger partial charge in [-0.3, -0.25) is 0 Å². The van der Waals surface area contributed by atoms with Gasteiger partial charge in [-0.25, -0.2) is 4.99 Å². The molecule has 1 aliphatic heterocycles. The summed E-state index contributed by atoms with van der Waals surface area (Å²) in [5.74, 6) is 1.97. The Morgan fingerprint density at radius 2 is 1.75 bits per heavy atom. The zero-order chi connectivity index (χ0) is 22.6. The van der Waals surface area contributed by atoms with Gasteiger partial charge in [0.1, 0.15) is 17.2 Å². The zero-order valence-corrected chi connectivity index (χ0v) is 18.7. The Balaban J connectivity index is 0.00000119. The number of nitrogens with two attached hydrogens (primary N) is 1. The molecule has 0 amide bonds. The average Bonchev–Trinajstić information content (AvgIpc) is 2.85. The van der Waals surface area contributed by atoms with Gasteiger partial charge in [-0.1, -0.05) is 48.5 Å². The molecule has 2 atom stereocenters. The molecule has 0 bridgehead atoms. The topological polar surface area (TPSA) is 59.6 Å². The van der Waals surface area contributed by atoms with Gasteiger partial charge in [0.05, 0.1) is 7.11 Å². The van der Waals surface area contributed by atoms with Crippen molar-refractivity contribution in [1.29, 1.82) is 0 Å². The molecule has 2 aliphatic rings. The molecule has 3 aromatic carbocycles. The van der Waals surface area contributed by atoms with Crippen LogP contribution in [0.1, 0.15) is 42.7 Å². The lowest BCUT2D eigenvalue weighted by atomic mass is 9.76. The van der Waals surface area contributed by atoms with Crippen molar-refractivity contribution in [2.24, 2.45) is 10.7 Å². The fraction of sp³-hybridized carbons (Fsp3) is 0.250. The minimum atomic E-state index is -0.312. The van der Waals surface area contributed by atoms with Crippen LogP contribution in [0.25, 0.3) is 11.1 Å². The van der Waals surface area contributed by atoms with Gasteiger partial charge >= 0.3 is 0 Å². The molecule has 1 heterocycles. The SMILES string of the molecule is C=C.COc1cccc(-c2cccc(C3CCCC4(C3)N=C(N)c3ccccc3N4)c2)c1. The fourth-order valence-electron chi connectivity index (χ4n) is 4.91. The molecule has 2 unspecified atom stereocenters. The molecular weight excluding hydrogens is 394 g/mol. The van der Waals surface area contributed by atoms with E-state index in [1.54, 1.807) is 7.11 Å². The van der Waals surface area contributed by atoms with E-state index in [1.165, 1.54) is 23.1 Å². The maximum atomic E-state index is 6.36. The lowest BCUT2D eigenvalue weighted by Crippen LogP contribution is -2.45. The van der Waals surface area contributed by atoms with Crippen LogP contribution in [0.4, 0.5) is 5.69 Å². The third-order valence-electron chi connectivity index (χ3n) is 6.39. The van der Waals surface area contributed by atoms with Gasteiger partial charge in [0.15, 0.2) is 0 Å². The number of ether oxygens (including phenoxy) is 1. The Bertz CT molecular complexity index is 1120. The van der Waals surface area contributed by atoms with Crippen LogP contribution in [-0.4, -0.2) is 18.6 Å². The molecule has 4 nitrogen and oxygen atoms in total. The van der Waals surface area contributed by atoms with Crippen LogP contribution in [0, 0.1) is 0 Å². The number of nitrogens with one attached hydrogen (secondary N) is 1. The fourth-order valence-corrected chi connectivity index (χ4v) is 4.91. The van der Waals surface area contributed by atoms with Crippen molar-refractivity contribution in [2.45, 2.75) is 37.3 Å². The first-order valence-electron chi connectivity index (χ1n) is 11.1. The van der Waals surface area contributed by atoms with Crippen molar-refractivity contribution < 1.29 is 4.74 Å². The van der Waals surface area contributed by atoms with Gasteiger partial charge in [-0.05, 0) is 72.6 Å². The van der Waals surface area contributed by atoms with E-state index in [4.69, 9.17) is 15.5 Å². The van der Waals surface area contributed by atoms with E-state index in [2.05, 4.69) is 67.0 Å². The maximum absolute atomic E-state index is 6.36. The number of hydrogen-bond donors (Lipinski definition) is 2. The molecule has 3 N–H and O–H groups in total. The zero-order valence-electron chi connectivity index (χ0n) is 18.7. The van der Waals surface area contributed by atoms with Gasteiger partial charge < -0.3 is 15.8 Å². The van der Waals surface area contributed by atoms with Crippen LogP contribution in [0.5, 0.6) is 5.75 Å². The van der Waals surface area contributed by atoms with Crippen molar-refractivity contribution in [3.05, 3.63) is 97.1 Å². The molecule has 1 saturated carbocycles. The van der Waals surface area contributed by atoms with Gasteiger partial charge in [0, 0.05) is 11.3 Å². The number of nitrogens with zero attached hydrogens (tertiary/aromatic N) is 1. The number of rotatable bonds is 3. The Labute approximate surface area is 190 Å². The number of aliphatic imine (C=N–C) groups is 1. The van der Waals surface area contributed by atoms with Gasteiger partial charge in [-0.15, -0.1) is 13.2 Å². The molecule has 0 aromatic heterocycles. The number of para-hydroxylation sites is 1. The molecular formula is C28H31N3O. The predicted molar refractivity (Wildman–Crippen MR) is 134 cm³/mol. The third-order valence-corrected chi connectivity index (χ3v) is 6.39. The second kappa shape index (κ2) is 9.31. The van der Waals surface area contributed by atoms with Crippen LogP contribution in [-0.2, 0) is 0 Å². The average molecular weight is 426 g/mol. The van der Waals surface area contributed by atoms with Crippen LogP contribution in [0.15, 0.2) is 90.9 Å². The first kappa shape index (κ1) is 21.7. The van der Waals surface area contributed by atoms with E-state index >= 15 is 0 Å². The van der Waals surface area contributed by atoms with Crippen LogP contribution in [0.3, 0.4) is 0 Å². The van der Waals surface area contributed by atoms with E-state index in [0.717, 1.165) is 36.3 Å². The molecule has 1 spiro atoms. The molecule has 164 valence electrons. The predicted octanol–water partition coefficient (Wildman–Crippen LogP) is 6.35. The summed E-state index contributed by atoms with van der Waals surface area (Å²) in [5, 5.41) is 3.72. The normalized spacial score (nSPS) is 21.4. The van der Waals surface area contributed by atoms with E-state index < -0.39 is 0 Å². The standard InChI is InChI=1S/C26H27N3O.C2H4/c1-30-22-11-5-9-20(16-22)18-7-4-8-19(15-18)21-10-6-14-26(17-21)28-24-13-3-2-12-23(24)25(27)29-26;1-2/h2-5,7-9,11-13,15-16,21,28H,6,10,14,17H2,1H3,(H2,27,29);1-2H2. The molecule has 0 saturated heterocycles. The Morgan fingerprint density at radius 1 is 1.00 bits per heavy atom. The Kier molecular flexibility index (Phi) is 6.31. The highest BCUT2D eigenvalue weighted by molar-refractivity contribution is 6.04. The van der Waals surface area contributed by atoms with Gasteiger partial charge in [-0.2, -0.15) is 0 Å². The Hall–Kier alpha value is -3.53. The van der Waals surface area contributed by atoms with Crippen molar-refractivity contribution in [2.75, 3.05) is 12.4 Å². The number of fused-ring (bicyclic) bond motifs is 1. The quantitative estimate of drug-likeness (QED) is 0.481. The molecule has 4 heteroatoms. The van der Waals surface area contributed by atoms with E-state index in [0.29, 0.717) is 11.8 Å². The molecule has 1 aliphatic carbocycles. The lowest BCUT2D eigenvalue weighted by Gasteiger charge is -2.42. The van der Waals surface area contributed by atoms with Gasteiger partial charge in [0.25, 0.3) is 0 Å². The highest BCUT2D eigenvalue weighted by Crippen LogP contribution is 2.44. The summed E-state index contributed by atoms with van der Waals surface area (Å²) < 4.78 is 5.40. The first-order chi connectivity index (χ1) is 15.7. The van der Waals surface area contributed by atoms with Crippen LogP contribution < -0.4 is 15.8 Å². The van der Waals surface area contributed by atoms with Crippen molar-refractivity contribution >= 4 is 11.5 Å². The maximum Gasteiger partial charge on any atom is 0.132 e. The number of anilines is 1. The number of amidine groups is 1. The largest absolute Gasteiger partial charge is 0.497 e. The highest BCUT2D eigenvalue weighted by Gasteiger charge is 2.39. The smallest absolute Gasteiger partial charge is 0.132 e. The van der Waals surface area contributed by atoms with Crippen molar-refractivity contribution in [1.82, 2.24) is 0 Å². The number of methoxy groups -OCH3 is 1. The molecule has 1 fully saturated rings. The summed E-state index contributed by atoms with van der Waals surface area (Å²) >= 11 is 0. The summed E-state index contributed by atoms with van der Waals surface area (Å²) in [6, 6.07) is 25.3. The first-order valence-corrected chi connectivity index (χ1v) is 11.1. The Morgan fingerprint density at radius 3 is 2.56 bits per heavy atom. The van der Waals surface area contributed by atoms with Crippen LogP contribution >= 0.6 is 0 Å². The van der Waals surface area contributed by atoms with E-state index in [9.17, 15) is 0 Å². The summed E-state index contributed by atoms with van der Waals surface area (Å²) in [5.41, 5.74) is 11.9. The molecule has 0 radical (unpaired) electrons. The monoisotopic (exact) mass is 425 g/mol. The van der Waals surface area contributed by atoms with E-state index in [-0.39, 0.29) is 5.66 Å². The highest BCUT2D eigenvalue weighted by atomic mass is 16.5. The van der Waals surface area contributed by atoms with Gasteiger partial charge in [0.2, 0.25) is 0 Å². The third kappa shape index (κ3) is 4.26. The van der Waals surface area contributed by atoms with Crippen molar-refractivity contribution in [3.8, 4) is 16.9 Å². The summed E-state index contributed by atoms with van der Waals surface area (Å²) in [6.07, 6.45) is 4.25. The van der Waals surface area contributed by atoms with Crippen LogP contribution in [0.2, 0.25) is 0 Å². The summed E-state index contributed by atoms with van der Waals surface area (Å²) in [7, 11) is 1.71. The minimum Gasteiger partial charge on any atom is -0.497 e. The second-order valence-electron chi connectivity index (χ2n) is 8.35. The second-order valence-corrected chi connectivity index (χ2v) is 8.35. The molecule has 32 heavy (non-hydrogen) atoms. The minimum absolute atomic E-state index is 0.312. The summed E-state index contributed by atoms with van der Waals surface area (Å²) in [4.78, 5) is 4.96. The van der Waals surface area contributed by atoms with Crippen molar-refractivity contribution in [3.63, 3.8) is 0 Å².